The number of thioether (sulfide) groups is 1. The average Bonchev–Trinajstić information content (AvgIpc) is 2.04. The van der Waals surface area contributed by atoms with E-state index in [4.69, 9.17) is 0 Å². The highest BCUT2D eigenvalue weighted by Gasteiger charge is 2.14. The van der Waals surface area contributed by atoms with Crippen molar-refractivity contribution >= 4 is 28.4 Å². The van der Waals surface area contributed by atoms with Crippen LogP contribution in [-0.4, -0.2) is 44.2 Å². The summed E-state index contributed by atoms with van der Waals surface area (Å²) in [5.41, 5.74) is 0. The van der Waals surface area contributed by atoms with E-state index in [2.05, 4.69) is 9.20 Å². The molecule has 74 valence electrons. The van der Waals surface area contributed by atoms with E-state index in [-0.39, 0.29) is 0 Å². The molecule has 0 bridgehead atoms. The van der Waals surface area contributed by atoms with Crippen molar-refractivity contribution in [3.63, 3.8) is 0 Å². The molecule has 1 rings (SSSR count). The van der Waals surface area contributed by atoms with Gasteiger partial charge in [-0.2, -0.15) is 20.2 Å². The van der Waals surface area contributed by atoms with Crippen LogP contribution in [0.4, 0.5) is 4.79 Å². The van der Waals surface area contributed by atoms with E-state index in [0.717, 1.165) is 11.5 Å². The summed E-state index contributed by atoms with van der Waals surface area (Å²) in [6.07, 6.45) is -1.08. The number of hydroxylamine groups is 2. The molecule has 0 saturated carbocycles. The Kier molecular flexibility index (Phi) is 4.19. The molecule has 1 amide bonds. The highest BCUT2D eigenvalue weighted by Crippen LogP contribution is 2.09. The smallest absolute Gasteiger partial charge is 0.349 e. The lowest BCUT2D eigenvalue weighted by Gasteiger charge is -2.22. The van der Waals surface area contributed by atoms with Gasteiger partial charge in [0.2, 0.25) is 0 Å². The Bertz CT molecular complexity index is 298. The SMILES string of the molecule is O=C(N=S(=O)=O)ON1CCSCC1. The quantitative estimate of drug-likeness (QED) is 0.631. The number of rotatable bonds is 1. The van der Waals surface area contributed by atoms with Crippen LogP contribution in [0.3, 0.4) is 0 Å². The first-order chi connectivity index (χ1) is 6.18. The first kappa shape index (κ1) is 10.5. The van der Waals surface area contributed by atoms with Crippen LogP contribution in [0.5, 0.6) is 0 Å². The predicted molar refractivity (Wildman–Crippen MR) is 46.7 cm³/mol. The monoisotopic (exact) mass is 224 g/mol. The van der Waals surface area contributed by atoms with Crippen LogP contribution >= 0.6 is 11.8 Å². The van der Waals surface area contributed by atoms with E-state index in [1.807, 2.05) is 0 Å². The summed E-state index contributed by atoms with van der Waals surface area (Å²) in [6, 6.07) is 0. The Morgan fingerprint density at radius 1 is 1.38 bits per heavy atom. The van der Waals surface area contributed by atoms with E-state index >= 15 is 0 Å². The molecule has 13 heavy (non-hydrogen) atoms. The molecule has 0 N–H and O–H groups in total. The second kappa shape index (κ2) is 5.20. The number of carbonyl (C=O) groups excluding carboxylic acids is 1. The van der Waals surface area contributed by atoms with Gasteiger partial charge in [0.15, 0.2) is 0 Å². The van der Waals surface area contributed by atoms with Gasteiger partial charge >= 0.3 is 16.6 Å². The summed E-state index contributed by atoms with van der Waals surface area (Å²) in [5, 5.41) is 1.41. The Labute approximate surface area is 80.9 Å². The fraction of sp³-hybridized carbons (Fsp3) is 0.800. The Hall–Kier alpha value is -0.600. The van der Waals surface area contributed by atoms with Gasteiger partial charge in [0.05, 0.1) is 0 Å². The van der Waals surface area contributed by atoms with Gasteiger partial charge in [-0.25, -0.2) is 4.79 Å². The van der Waals surface area contributed by atoms with Crippen molar-refractivity contribution in [1.82, 2.24) is 5.06 Å². The zero-order valence-corrected chi connectivity index (χ0v) is 8.31. The highest BCUT2D eigenvalue weighted by atomic mass is 32.2. The number of amides is 1. The van der Waals surface area contributed by atoms with Gasteiger partial charge in [-0.05, 0) is 0 Å². The molecule has 0 spiro atoms. The van der Waals surface area contributed by atoms with E-state index < -0.39 is 16.6 Å². The molecule has 1 saturated heterocycles. The fourth-order valence-electron chi connectivity index (χ4n) is 0.826. The van der Waals surface area contributed by atoms with Crippen molar-refractivity contribution in [3.05, 3.63) is 0 Å². The van der Waals surface area contributed by atoms with Gasteiger partial charge in [0.25, 0.3) is 0 Å². The van der Waals surface area contributed by atoms with Crippen molar-refractivity contribution in [1.29, 1.82) is 0 Å². The molecule has 1 aliphatic rings. The first-order valence-corrected chi connectivity index (χ1v) is 5.73. The van der Waals surface area contributed by atoms with Crippen LogP contribution in [-0.2, 0) is 15.3 Å². The number of carbonyl (C=O) groups is 1. The summed E-state index contributed by atoms with van der Waals surface area (Å²) in [7, 11) is -2.73. The number of nitrogens with zero attached hydrogens (tertiary/aromatic N) is 2. The molecule has 0 unspecified atom stereocenters. The molecule has 1 heterocycles. The van der Waals surface area contributed by atoms with Crippen LogP contribution < -0.4 is 0 Å². The number of hydrogen-bond donors (Lipinski definition) is 0. The summed E-state index contributed by atoms with van der Waals surface area (Å²) in [6.45, 7) is 1.22. The minimum absolute atomic E-state index is 0.609. The maximum absolute atomic E-state index is 10.7. The number of hydrogen-bond acceptors (Lipinski definition) is 6. The molecular formula is C5H8N2O4S2. The molecule has 0 radical (unpaired) electrons. The molecule has 1 aliphatic heterocycles. The maximum Gasteiger partial charge on any atom is 0.467 e. The summed E-state index contributed by atoms with van der Waals surface area (Å²) in [5.74, 6) is 1.74. The molecule has 6 nitrogen and oxygen atoms in total. The fourth-order valence-corrected chi connectivity index (χ4v) is 1.85. The van der Waals surface area contributed by atoms with Crippen molar-refractivity contribution < 1.29 is 18.0 Å². The van der Waals surface area contributed by atoms with Crippen LogP contribution in [0.1, 0.15) is 0 Å². The van der Waals surface area contributed by atoms with Gasteiger partial charge in [0.1, 0.15) is 0 Å². The Morgan fingerprint density at radius 2 is 2.00 bits per heavy atom. The third kappa shape index (κ3) is 4.25. The lowest BCUT2D eigenvalue weighted by Crippen LogP contribution is -2.33. The standard InChI is InChI=1S/C5H8N2O4S2/c8-5(6-13(9)10)11-7-1-3-12-4-2-7/h1-4H2. The summed E-state index contributed by atoms with van der Waals surface area (Å²) < 4.78 is 22.6. The maximum atomic E-state index is 10.7. The molecular weight excluding hydrogens is 216 g/mol. The van der Waals surface area contributed by atoms with Crippen molar-refractivity contribution in [2.75, 3.05) is 24.6 Å². The largest absolute Gasteiger partial charge is 0.467 e. The van der Waals surface area contributed by atoms with E-state index in [1.54, 1.807) is 11.8 Å². The summed E-state index contributed by atoms with van der Waals surface area (Å²) in [4.78, 5) is 15.3. The van der Waals surface area contributed by atoms with E-state index in [9.17, 15) is 13.2 Å². The van der Waals surface area contributed by atoms with Crippen molar-refractivity contribution in [2.24, 2.45) is 4.36 Å². The van der Waals surface area contributed by atoms with Gasteiger partial charge in [-0.3, -0.25) is 0 Å². The van der Waals surface area contributed by atoms with Gasteiger partial charge in [-0.1, -0.05) is 4.36 Å². The first-order valence-electron chi connectivity index (χ1n) is 3.54. The Morgan fingerprint density at radius 3 is 2.54 bits per heavy atom. The lowest BCUT2D eigenvalue weighted by molar-refractivity contribution is -0.0875. The summed E-state index contributed by atoms with van der Waals surface area (Å²) >= 11 is 1.75. The third-order valence-electron chi connectivity index (χ3n) is 1.33. The molecule has 0 aromatic rings. The molecule has 0 atom stereocenters. The van der Waals surface area contributed by atoms with Crippen molar-refractivity contribution in [3.8, 4) is 0 Å². The normalized spacial score (nSPS) is 17.8. The van der Waals surface area contributed by atoms with Crippen molar-refractivity contribution in [2.45, 2.75) is 0 Å². The van der Waals surface area contributed by atoms with E-state index in [0.29, 0.717) is 13.1 Å². The van der Waals surface area contributed by atoms with Crippen LogP contribution in [0.25, 0.3) is 0 Å². The molecule has 8 heteroatoms. The zero-order valence-electron chi connectivity index (χ0n) is 6.67. The predicted octanol–water partition coefficient (Wildman–Crippen LogP) is 0.150. The van der Waals surface area contributed by atoms with Gasteiger partial charge < -0.3 is 4.84 Å². The topological polar surface area (TPSA) is 76.0 Å². The third-order valence-corrected chi connectivity index (χ3v) is 2.57. The molecule has 0 aromatic carbocycles. The van der Waals surface area contributed by atoms with E-state index in [1.165, 1.54) is 5.06 Å². The Balaban J connectivity index is 2.39. The second-order valence-corrected chi connectivity index (χ2v) is 4.05. The molecule has 0 aliphatic carbocycles. The van der Waals surface area contributed by atoms with Crippen LogP contribution in [0.2, 0.25) is 0 Å². The minimum Gasteiger partial charge on any atom is -0.349 e. The molecule has 1 fully saturated rings. The highest BCUT2D eigenvalue weighted by molar-refractivity contribution is 7.99. The van der Waals surface area contributed by atoms with Gasteiger partial charge in [-0.15, -0.1) is 5.06 Å². The van der Waals surface area contributed by atoms with Gasteiger partial charge in [0, 0.05) is 24.6 Å². The van der Waals surface area contributed by atoms with Crippen LogP contribution in [0.15, 0.2) is 4.36 Å². The van der Waals surface area contributed by atoms with Crippen LogP contribution in [0, 0.1) is 0 Å². The minimum atomic E-state index is -2.73. The molecule has 0 aromatic heterocycles. The lowest BCUT2D eigenvalue weighted by atomic mass is 10.6. The second-order valence-electron chi connectivity index (χ2n) is 2.21. The average molecular weight is 224 g/mol. The zero-order chi connectivity index (χ0) is 9.68.